The van der Waals surface area contributed by atoms with Gasteiger partial charge in [-0.15, -0.1) is 0 Å². The number of aromatic nitrogens is 2. The van der Waals surface area contributed by atoms with Crippen molar-refractivity contribution in [1.82, 2.24) is 9.78 Å². The normalized spacial score (nSPS) is 10.2. The van der Waals surface area contributed by atoms with Gasteiger partial charge in [-0.05, 0) is 13.0 Å². The Morgan fingerprint density at radius 1 is 1.48 bits per heavy atom. The molecule has 8 nitrogen and oxygen atoms in total. The minimum atomic E-state index is -0.598. The summed E-state index contributed by atoms with van der Waals surface area (Å²) in [5.74, 6) is -0.292. The molecule has 0 amide bonds. The number of nitro groups is 1. The highest BCUT2D eigenvalue weighted by Crippen LogP contribution is 2.32. The Balaban J connectivity index is 2.38. The van der Waals surface area contributed by atoms with Gasteiger partial charge in [0.2, 0.25) is 5.75 Å². The van der Waals surface area contributed by atoms with Crippen molar-refractivity contribution < 1.29 is 19.2 Å². The maximum Gasteiger partial charge on any atom is 0.337 e. The zero-order valence-corrected chi connectivity index (χ0v) is 11.5. The molecule has 0 aliphatic carbocycles. The first-order chi connectivity index (χ1) is 10.0. The molecule has 110 valence electrons. The van der Waals surface area contributed by atoms with E-state index < -0.39 is 10.9 Å². The molecule has 0 radical (unpaired) electrons. The van der Waals surface area contributed by atoms with Crippen LogP contribution < -0.4 is 4.74 Å². The Morgan fingerprint density at radius 3 is 2.81 bits per heavy atom. The van der Waals surface area contributed by atoms with E-state index in [2.05, 4.69) is 9.84 Å². The number of nitro benzene ring substituents is 1. The van der Waals surface area contributed by atoms with Gasteiger partial charge in [0.25, 0.3) is 0 Å². The van der Waals surface area contributed by atoms with E-state index in [-0.39, 0.29) is 17.0 Å². The molecule has 1 aromatic heterocycles. The molecule has 0 N–H and O–H groups in total. The maximum atomic E-state index is 11.5. The molecule has 8 heteroatoms. The molecule has 1 aromatic carbocycles. The average Bonchev–Trinajstić information content (AvgIpc) is 2.93. The summed E-state index contributed by atoms with van der Waals surface area (Å²) in [7, 11) is 1.23. The van der Waals surface area contributed by atoms with Gasteiger partial charge in [-0.2, -0.15) is 5.10 Å². The van der Waals surface area contributed by atoms with E-state index in [1.165, 1.54) is 31.5 Å². The third kappa shape index (κ3) is 3.16. The summed E-state index contributed by atoms with van der Waals surface area (Å²) in [6.45, 7) is 2.55. The number of carbonyl (C=O) groups is 1. The number of rotatable bonds is 5. The molecule has 0 aliphatic heterocycles. The molecule has 21 heavy (non-hydrogen) atoms. The lowest BCUT2D eigenvalue weighted by atomic mass is 10.2. The monoisotopic (exact) mass is 291 g/mol. The van der Waals surface area contributed by atoms with Crippen LogP contribution in [-0.2, 0) is 11.3 Å². The highest BCUT2D eigenvalue weighted by molar-refractivity contribution is 5.90. The minimum Gasteiger partial charge on any atom is -0.465 e. The molecule has 0 unspecified atom stereocenters. The number of carbonyl (C=O) groups excluding carboxylic acids is 1. The number of methoxy groups -OCH3 is 1. The van der Waals surface area contributed by atoms with Crippen molar-refractivity contribution >= 4 is 11.7 Å². The lowest BCUT2D eigenvalue weighted by Gasteiger charge is -2.06. The third-order valence-electron chi connectivity index (χ3n) is 2.74. The lowest BCUT2D eigenvalue weighted by molar-refractivity contribution is -0.385. The molecule has 0 saturated heterocycles. The van der Waals surface area contributed by atoms with Crippen LogP contribution in [-0.4, -0.2) is 27.8 Å². The number of hydrogen-bond donors (Lipinski definition) is 0. The fraction of sp³-hybridized carbons (Fsp3) is 0.231. The van der Waals surface area contributed by atoms with Gasteiger partial charge in [-0.25, -0.2) is 4.79 Å². The first-order valence-electron chi connectivity index (χ1n) is 6.12. The second-order valence-corrected chi connectivity index (χ2v) is 4.06. The fourth-order valence-electron chi connectivity index (χ4n) is 1.69. The fourth-order valence-corrected chi connectivity index (χ4v) is 1.69. The zero-order chi connectivity index (χ0) is 15.4. The van der Waals surface area contributed by atoms with Crippen LogP contribution in [0, 0.1) is 10.1 Å². The van der Waals surface area contributed by atoms with Crippen LogP contribution in [0.5, 0.6) is 11.5 Å². The number of nitrogens with zero attached hydrogens (tertiary/aromatic N) is 3. The van der Waals surface area contributed by atoms with Crippen molar-refractivity contribution in [3.63, 3.8) is 0 Å². The SMILES string of the molecule is CCn1cc(Oc2cc(C(=O)OC)ccc2[N+](=O)[O-])cn1. The Kier molecular flexibility index (Phi) is 4.17. The van der Waals surface area contributed by atoms with E-state index in [1.54, 1.807) is 10.9 Å². The molecule has 0 spiro atoms. The predicted octanol–water partition coefficient (Wildman–Crippen LogP) is 2.39. The molecule has 0 aliphatic rings. The zero-order valence-electron chi connectivity index (χ0n) is 11.5. The second kappa shape index (κ2) is 6.04. The number of ether oxygens (including phenoxy) is 2. The summed E-state index contributed by atoms with van der Waals surface area (Å²) in [5, 5.41) is 15.0. The highest BCUT2D eigenvalue weighted by atomic mass is 16.6. The highest BCUT2D eigenvalue weighted by Gasteiger charge is 2.19. The number of benzene rings is 1. The summed E-state index contributed by atoms with van der Waals surface area (Å²) >= 11 is 0. The van der Waals surface area contributed by atoms with Crippen molar-refractivity contribution in [2.24, 2.45) is 0 Å². The molecular weight excluding hydrogens is 278 g/mol. The Morgan fingerprint density at radius 2 is 2.24 bits per heavy atom. The van der Waals surface area contributed by atoms with Gasteiger partial charge in [0.15, 0.2) is 5.75 Å². The van der Waals surface area contributed by atoms with Crippen LogP contribution in [0.1, 0.15) is 17.3 Å². The summed E-state index contributed by atoms with van der Waals surface area (Å²) in [5.41, 5.74) is -0.0760. The summed E-state index contributed by atoms with van der Waals surface area (Å²) < 4.78 is 11.7. The molecule has 0 saturated carbocycles. The van der Waals surface area contributed by atoms with Gasteiger partial charge in [0.1, 0.15) is 0 Å². The van der Waals surface area contributed by atoms with Crippen molar-refractivity contribution in [3.8, 4) is 11.5 Å². The molecular formula is C13H13N3O5. The van der Waals surface area contributed by atoms with Gasteiger partial charge in [0.05, 0.1) is 30.0 Å². The number of esters is 1. The van der Waals surface area contributed by atoms with Crippen molar-refractivity contribution in [2.45, 2.75) is 13.5 Å². The van der Waals surface area contributed by atoms with Crippen LogP contribution in [0.25, 0.3) is 0 Å². The van der Waals surface area contributed by atoms with Crippen LogP contribution in [0.15, 0.2) is 30.6 Å². The van der Waals surface area contributed by atoms with E-state index in [9.17, 15) is 14.9 Å². The number of aryl methyl sites for hydroxylation is 1. The standard InChI is InChI=1S/C13H13N3O5/c1-3-15-8-10(7-14-15)21-12-6-9(13(17)20-2)4-5-11(12)16(18)19/h4-8H,3H2,1-2H3. The smallest absolute Gasteiger partial charge is 0.337 e. The van der Waals surface area contributed by atoms with Crippen LogP contribution in [0.4, 0.5) is 5.69 Å². The lowest BCUT2D eigenvalue weighted by Crippen LogP contribution is -2.02. The van der Waals surface area contributed by atoms with Crippen LogP contribution in [0.3, 0.4) is 0 Å². The van der Waals surface area contributed by atoms with E-state index in [1.807, 2.05) is 6.92 Å². The van der Waals surface area contributed by atoms with Crippen molar-refractivity contribution in [2.75, 3.05) is 7.11 Å². The quantitative estimate of drug-likeness (QED) is 0.476. The van der Waals surface area contributed by atoms with E-state index in [0.717, 1.165) is 0 Å². The van der Waals surface area contributed by atoms with Crippen LogP contribution >= 0.6 is 0 Å². The maximum absolute atomic E-state index is 11.5. The van der Waals surface area contributed by atoms with E-state index in [4.69, 9.17) is 4.74 Å². The van der Waals surface area contributed by atoms with Crippen molar-refractivity contribution in [3.05, 3.63) is 46.3 Å². The molecule has 0 bridgehead atoms. The van der Waals surface area contributed by atoms with Gasteiger partial charge in [0, 0.05) is 18.7 Å². The first-order valence-corrected chi connectivity index (χ1v) is 6.12. The molecule has 2 rings (SSSR count). The Bertz CT molecular complexity index is 680. The first kappa shape index (κ1) is 14.5. The number of hydrogen-bond acceptors (Lipinski definition) is 6. The molecule has 2 aromatic rings. The van der Waals surface area contributed by atoms with Crippen molar-refractivity contribution in [1.29, 1.82) is 0 Å². The van der Waals surface area contributed by atoms with Gasteiger partial charge < -0.3 is 9.47 Å². The third-order valence-corrected chi connectivity index (χ3v) is 2.74. The largest absolute Gasteiger partial charge is 0.465 e. The average molecular weight is 291 g/mol. The molecule has 0 fully saturated rings. The predicted molar refractivity (Wildman–Crippen MR) is 72.4 cm³/mol. The van der Waals surface area contributed by atoms with Gasteiger partial charge >= 0.3 is 11.7 Å². The molecule has 1 heterocycles. The Hall–Kier alpha value is -2.90. The van der Waals surface area contributed by atoms with Gasteiger partial charge in [-0.1, -0.05) is 0 Å². The second-order valence-electron chi connectivity index (χ2n) is 4.06. The molecule has 0 atom stereocenters. The van der Waals surface area contributed by atoms with E-state index >= 15 is 0 Å². The van der Waals surface area contributed by atoms with E-state index in [0.29, 0.717) is 12.3 Å². The summed E-state index contributed by atoms with van der Waals surface area (Å²) in [6.07, 6.45) is 3.05. The topological polar surface area (TPSA) is 96.5 Å². The van der Waals surface area contributed by atoms with Gasteiger partial charge in [-0.3, -0.25) is 14.8 Å². The Labute approximate surface area is 120 Å². The summed E-state index contributed by atoms with van der Waals surface area (Å²) in [4.78, 5) is 21.9. The summed E-state index contributed by atoms with van der Waals surface area (Å²) in [6, 6.07) is 3.78. The minimum absolute atomic E-state index is 0.0430. The van der Waals surface area contributed by atoms with Crippen LogP contribution in [0.2, 0.25) is 0 Å².